The fraction of sp³-hybridized carbons (Fsp3) is 0.368. The fourth-order valence-corrected chi connectivity index (χ4v) is 6.37. The highest BCUT2D eigenvalue weighted by molar-refractivity contribution is 5.90. The number of ether oxygens (including phenoxy) is 2. The van der Waals surface area contributed by atoms with E-state index in [0.29, 0.717) is 43.8 Å². The Morgan fingerprint density at radius 1 is 0.978 bits per heavy atom. The maximum absolute atomic E-state index is 15.5. The zero-order valence-electron chi connectivity index (χ0n) is 26.8. The van der Waals surface area contributed by atoms with E-state index in [1.807, 2.05) is 81.1 Å². The van der Waals surface area contributed by atoms with Crippen LogP contribution in [0.3, 0.4) is 0 Å². The number of hydrogen-bond acceptors (Lipinski definition) is 5. The van der Waals surface area contributed by atoms with Crippen LogP contribution in [0.2, 0.25) is 0 Å². The Bertz CT molecular complexity index is 1640. The molecule has 0 spiro atoms. The van der Waals surface area contributed by atoms with Crippen molar-refractivity contribution in [1.29, 1.82) is 0 Å². The Labute approximate surface area is 265 Å². The van der Waals surface area contributed by atoms with Crippen molar-refractivity contribution < 1.29 is 23.5 Å². The average Bonchev–Trinajstić information content (AvgIpc) is 3.02. The van der Waals surface area contributed by atoms with Crippen LogP contribution < -0.4 is 4.90 Å². The third-order valence-corrected chi connectivity index (χ3v) is 8.58. The van der Waals surface area contributed by atoms with E-state index in [2.05, 4.69) is 29.2 Å². The molecule has 1 heterocycles. The molecule has 0 radical (unpaired) electrons. The minimum atomic E-state index is -0.675. The van der Waals surface area contributed by atoms with Gasteiger partial charge in [0.1, 0.15) is 11.4 Å². The van der Waals surface area contributed by atoms with E-state index in [1.165, 1.54) is 6.07 Å². The quantitative estimate of drug-likeness (QED) is 0.187. The lowest BCUT2D eigenvalue weighted by Gasteiger charge is -2.43. The summed E-state index contributed by atoms with van der Waals surface area (Å²) in [7, 11) is 0. The van der Waals surface area contributed by atoms with Crippen molar-refractivity contribution in [2.75, 3.05) is 31.1 Å². The van der Waals surface area contributed by atoms with Crippen molar-refractivity contribution >= 4 is 28.5 Å². The van der Waals surface area contributed by atoms with Gasteiger partial charge in [-0.1, -0.05) is 66.7 Å². The molecule has 1 aliphatic rings. The average molecular weight is 611 g/mol. The van der Waals surface area contributed by atoms with E-state index >= 15 is 4.39 Å². The molecule has 5 rings (SSSR count). The highest BCUT2D eigenvalue weighted by Gasteiger charge is 2.37. The number of hydrogen-bond donors (Lipinski definition) is 0. The van der Waals surface area contributed by atoms with Gasteiger partial charge in [0, 0.05) is 31.2 Å². The molecule has 0 bridgehead atoms. The minimum Gasteiger partial charge on any atom is -0.462 e. The zero-order valence-corrected chi connectivity index (χ0v) is 26.8. The number of esters is 1. The van der Waals surface area contributed by atoms with Crippen LogP contribution in [0.1, 0.15) is 74.5 Å². The molecule has 0 saturated carbocycles. The van der Waals surface area contributed by atoms with Gasteiger partial charge in [0.15, 0.2) is 0 Å². The summed E-state index contributed by atoms with van der Waals surface area (Å²) in [4.78, 5) is 30.4. The van der Waals surface area contributed by atoms with Crippen molar-refractivity contribution in [3.05, 3.63) is 114 Å². The van der Waals surface area contributed by atoms with Gasteiger partial charge in [0.05, 0.1) is 18.2 Å². The Morgan fingerprint density at radius 3 is 2.44 bits per heavy atom. The number of fused-ring (bicyclic) bond motifs is 1. The molecule has 4 aromatic rings. The lowest BCUT2D eigenvalue weighted by atomic mass is 9.79. The minimum absolute atomic E-state index is 0.0451. The summed E-state index contributed by atoms with van der Waals surface area (Å²) in [6.45, 7) is 11.4. The van der Waals surface area contributed by atoms with E-state index in [1.54, 1.807) is 19.1 Å². The third kappa shape index (κ3) is 7.47. The molecule has 1 fully saturated rings. The van der Waals surface area contributed by atoms with Gasteiger partial charge in [-0.25, -0.2) is 14.0 Å². The number of rotatable bonds is 8. The molecular formula is C38H43FN2O4. The number of benzene rings is 4. The van der Waals surface area contributed by atoms with Crippen LogP contribution in [0, 0.1) is 11.7 Å². The van der Waals surface area contributed by atoms with Gasteiger partial charge >= 0.3 is 12.1 Å². The highest BCUT2D eigenvalue weighted by Crippen LogP contribution is 2.39. The van der Waals surface area contributed by atoms with Gasteiger partial charge in [-0.3, -0.25) is 0 Å². The van der Waals surface area contributed by atoms with Gasteiger partial charge < -0.3 is 19.3 Å². The van der Waals surface area contributed by atoms with Gasteiger partial charge in [0.25, 0.3) is 0 Å². The van der Waals surface area contributed by atoms with Crippen LogP contribution in [0.5, 0.6) is 0 Å². The van der Waals surface area contributed by atoms with Crippen molar-refractivity contribution in [3.8, 4) is 0 Å². The molecule has 0 aromatic heterocycles. The SMILES string of the molecule is CCOC(=O)c1cccc(N2CCC(CN(C(=O)OC(C)(C)C)[C@H](C)c3cccc4ccccc34)C(c3ccccc3F)C2)c1. The first-order chi connectivity index (χ1) is 21.6. The molecule has 0 N–H and O–H groups in total. The third-order valence-electron chi connectivity index (χ3n) is 8.58. The molecule has 3 atom stereocenters. The molecule has 1 saturated heterocycles. The second kappa shape index (κ2) is 13.7. The number of carbonyl (C=O) groups excluding carboxylic acids is 2. The molecule has 0 aliphatic carbocycles. The fourth-order valence-electron chi connectivity index (χ4n) is 6.37. The summed E-state index contributed by atoms with van der Waals surface area (Å²) < 4.78 is 26.7. The second-order valence-electron chi connectivity index (χ2n) is 12.8. The van der Waals surface area contributed by atoms with E-state index in [0.717, 1.165) is 22.0 Å². The molecule has 7 heteroatoms. The molecule has 45 heavy (non-hydrogen) atoms. The second-order valence-corrected chi connectivity index (χ2v) is 12.8. The normalized spacial score (nSPS) is 17.5. The number of anilines is 1. The smallest absolute Gasteiger partial charge is 0.410 e. The molecule has 1 aliphatic heterocycles. The Kier molecular flexibility index (Phi) is 9.76. The lowest BCUT2D eigenvalue weighted by Crippen LogP contribution is -2.47. The van der Waals surface area contributed by atoms with Crippen LogP contribution in [-0.2, 0) is 9.47 Å². The van der Waals surface area contributed by atoms with Crippen molar-refractivity contribution in [1.82, 2.24) is 4.90 Å². The predicted octanol–water partition coefficient (Wildman–Crippen LogP) is 8.76. The first-order valence-corrected chi connectivity index (χ1v) is 15.8. The molecule has 6 nitrogen and oxygen atoms in total. The summed E-state index contributed by atoms with van der Waals surface area (Å²) in [6, 6.07) is 28.4. The first-order valence-electron chi connectivity index (χ1n) is 15.8. The number of amides is 1. The standard InChI is InChI=1S/C38H43FN2O4/c1-6-44-36(42)28-15-11-16-30(23-28)40-22-21-29(34(25-40)33-18-9-10-20-35(33)39)24-41(37(43)45-38(3,4)5)26(2)31-19-12-14-27-13-7-8-17-32(27)31/h7-20,23,26,29,34H,6,21-22,24-25H2,1-5H3/t26-,29?,34?/m1/s1. The maximum Gasteiger partial charge on any atom is 0.410 e. The van der Waals surface area contributed by atoms with Crippen LogP contribution >= 0.6 is 0 Å². The number of piperidine rings is 1. The number of carbonyl (C=O) groups is 2. The zero-order chi connectivity index (χ0) is 32.1. The summed E-state index contributed by atoms with van der Waals surface area (Å²) in [5.74, 6) is -0.886. The summed E-state index contributed by atoms with van der Waals surface area (Å²) in [5.41, 5.74) is 2.35. The largest absolute Gasteiger partial charge is 0.462 e. The summed E-state index contributed by atoms with van der Waals surface area (Å²) in [6.07, 6.45) is 0.323. The van der Waals surface area contributed by atoms with Crippen molar-refractivity contribution in [2.45, 2.75) is 58.6 Å². The van der Waals surface area contributed by atoms with Crippen molar-refractivity contribution in [3.63, 3.8) is 0 Å². The molecule has 236 valence electrons. The van der Waals surface area contributed by atoms with Gasteiger partial charge in [-0.05, 0) is 93.1 Å². The molecular weight excluding hydrogens is 567 g/mol. The Morgan fingerprint density at radius 2 is 1.69 bits per heavy atom. The summed E-state index contributed by atoms with van der Waals surface area (Å²) >= 11 is 0. The van der Waals surface area contributed by atoms with E-state index < -0.39 is 5.60 Å². The monoisotopic (exact) mass is 610 g/mol. The predicted molar refractivity (Wildman–Crippen MR) is 177 cm³/mol. The van der Waals surface area contributed by atoms with Gasteiger partial charge in [-0.15, -0.1) is 0 Å². The van der Waals surface area contributed by atoms with Crippen LogP contribution in [0.25, 0.3) is 10.8 Å². The topological polar surface area (TPSA) is 59.1 Å². The highest BCUT2D eigenvalue weighted by atomic mass is 19.1. The number of halogens is 1. The van der Waals surface area contributed by atoms with E-state index in [4.69, 9.17) is 9.47 Å². The van der Waals surface area contributed by atoms with E-state index in [-0.39, 0.29) is 35.8 Å². The van der Waals surface area contributed by atoms with Crippen LogP contribution in [-0.4, -0.2) is 48.8 Å². The number of nitrogens with zero attached hydrogens (tertiary/aromatic N) is 2. The van der Waals surface area contributed by atoms with Gasteiger partial charge in [-0.2, -0.15) is 0 Å². The Hall–Kier alpha value is -4.39. The van der Waals surface area contributed by atoms with Crippen LogP contribution in [0.15, 0.2) is 91.0 Å². The molecule has 1 amide bonds. The summed E-state index contributed by atoms with van der Waals surface area (Å²) in [5, 5.41) is 2.19. The van der Waals surface area contributed by atoms with Crippen LogP contribution in [0.4, 0.5) is 14.9 Å². The Balaban J connectivity index is 1.49. The van der Waals surface area contributed by atoms with E-state index in [9.17, 15) is 9.59 Å². The maximum atomic E-state index is 15.5. The van der Waals surface area contributed by atoms with Crippen molar-refractivity contribution in [2.24, 2.45) is 5.92 Å². The van der Waals surface area contributed by atoms with Gasteiger partial charge in [0.2, 0.25) is 0 Å². The first kappa shape index (κ1) is 32.0. The lowest BCUT2D eigenvalue weighted by molar-refractivity contribution is 0.0120. The molecule has 4 aromatic carbocycles. The molecule has 2 unspecified atom stereocenters.